The Morgan fingerprint density at radius 2 is 2.15 bits per heavy atom. The third-order valence-corrected chi connectivity index (χ3v) is 4.44. The Kier molecular flexibility index (Phi) is 4.91. The van der Waals surface area contributed by atoms with Crippen molar-refractivity contribution in [2.75, 3.05) is 5.75 Å². The van der Waals surface area contributed by atoms with Crippen molar-refractivity contribution in [1.29, 1.82) is 0 Å². The predicted octanol–water partition coefficient (Wildman–Crippen LogP) is 2.91. The largest absolute Gasteiger partial charge is 0.373 e. The lowest BCUT2D eigenvalue weighted by Gasteiger charge is -2.39. The molecule has 1 aliphatic rings. The highest BCUT2D eigenvalue weighted by atomic mass is 32.2. The second-order valence-corrected chi connectivity index (χ2v) is 7.56. The van der Waals surface area contributed by atoms with Crippen LogP contribution in [0.2, 0.25) is 0 Å². The highest BCUT2D eigenvalue weighted by molar-refractivity contribution is 7.98. The predicted molar refractivity (Wildman–Crippen MR) is 83.1 cm³/mol. The standard InChI is InChI=1S/C15H24N2O2S/c1-10-16-12(7-14(18)17-10)9-20-8-11-5-13(6-11)19-15(2,3)4/h7,11,13H,5-6,8-9H2,1-4H3,(H,16,17,18). The number of ether oxygens (including phenoxy) is 1. The summed E-state index contributed by atoms with van der Waals surface area (Å²) in [7, 11) is 0. The van der Waals surface area contributed by atoms with Crippen molar-refractivity contribution in [1.82, 2.24) is 9.97 Å². The average molecular weight is 296 g/mol. The summed E-state index contributed by atoms with van der Waals surface area (Å²) < 4.78 is 5.93. The quantitative estimate of drug-likeness (QED) is 0.907. The number of aromatic amines is 1. The van der Waals surface area contributed by atoms with Crippen LogP contribution in [0.5, 0.6) is 0 Å². The highest BCUT2D eigenvalue weighted by Gasteiger charge is 2.32. The van der Waals surface area contributed by atoms with Gasteiger partial charge in [-0.1, -0.05) is 0 Å². The van der Waals surface area contributed by atoms with E-state index in [-0.39, 0.29) is 11.2 Å². The van der Waals surface area contributed by atoms with Gasteiger partial charge in [-0.25, -0.2) is 4.98 Å². The van der Waals surface area contributed by atoms with Gasteiger partial charge in [0, 0.05) is 11.8 Å². The summed E-state index contributed by atoms with van der Waals surface area (Å²) in [6.45, 7) is 8.14. The molecule has 5 heteroatoms. The van der Waals surface area contributed by atoms with E-state index in [1.807, 2.05) is 18.7 Å². The molecular formula is C15H24N2O2S. The van der Waals surface area contributed by atoms with Gasteiger partial charge in [-0.3, -0.25) is 4.79 Å². The fourth-order valence-corrected chi connectivity index (χ4v) is 3.53. The summed E-state index contributed by atoms with van der Waals surface area (Å²) >= 11 is 1.86. The lowest BCUT2D eigenvalue weighted by molar-refractivity contribution is -0.108. The van der Waals surface area contributed by atoms with E-state index in [1.54, 1.807) is 6.07 Å². The molecule has 0 radical (unpaired) electrons. The van der Waals surface area contributed by atoms with Crippen LogP contribution in [0.1, 0.15) is 45.1 Å². The zero-order valence-electron chi connectivity index (χ0n) is 12.7. The number of hydrogen-bond acceptors (Lipinski definition) is 4. The van der Waals surface area contributed by atoms with Crippen LogP contribution in [0, 0.1) is 12.8 Å². The minimum Gasteiger partial charge on any atom is -0.373 e. The van der Waals surface area contributed by atoms with E-state index in [0.717, 1.165) is 36.0 Å². The van der Waals surface area contributed by atoms with Crippen molar-refractivity contribution < 1.29 is 4.74 Å². The van der Waals surface area contributed by atoms with Gasteiger partial charge < -0.3 is 9.72 Å². The molecule has 0 unspecified atom stereocenters. The van der Waals surface area contributed by atoms with Crippen molar-refractivity contribution in [2.24, 2.45) is 5.92 Å². The van der Waals surface area contributed by atoms with Crippen molar-refractivity contribution in [3.63, 3.8) is 0 Å². The van der Waals surface area contributed by atoms with Gasteiger partial charge in [0.2, 0.25) is 0 Å². The van der Waals surface area contributed by atoms with E-state index in [9.17, 15) is 4.79 Å². The number of H-pyrrole nitrogens is 1. The minimum absolute atomic E-state index is 0.0324. The summed E-state index contributed by atoms with van der Waals surface area (Å²) in [5.41, 5.74) is 0.781. The molecule has 0 aromatic carbocycles. The number of rotatable bonds is 5. The van der Waals surface area contributed by atoms with Crippen LogP contribution in [0.3, 0.4) is 0 Å². The maximum absolute atomic E-state index is 11.3. The Bertz CT molecular complexity index is 501. The maximum atomic E-state index is 11.3. The van der Waals surface area contributed by atoms with E-state index >= 15 is 0 Å². The number of aromatic nitrogens is 2. The second-order valence-electron chi connectivity index (χ2n) is 6.53. The zero-order chi connectivity index (χ0) is 14.8. The van der Waals surface area contributed by atoms with Crippen LogP contribution in [0.15, 0.2) is 10.9 Å². The average Bonchev–Trinajstić information content (AvgIpc) is 2.22. The third kappa shape index (κ3) is 4.94. The normalized spacial score (nSPS) is 22.6. The van der Waals surface area contributed by atoms with Gasteiger partial charge >= 0.3 is 0 Å². The molecule has 4 nitrogen and oxygen atoms in total. The molecule has 0 amide bonds. The van der Waals surface area contributed by atoms with Crippen LogP contribution >= 0.6 is 11.8 Å². The Hall–Kier alpha value is -0.810. The summed E-state index contributed by atoms with van der Waals surface area (Å²) in [5, 5.41) is 0. The Morgan fingerprint density at radius 3 is 2.75 bits per heavy atom. The van der Waals surface area contributed by atoms with Crippen LogP contribution < -0.4 is 5.56 Å². The van der Waals surface area contributed by atoms with E-state index in [2.05, 4.69) is 30.7 Å². The summed E-state index contributed by atoms with van der Waals surface area (Å²) in [5.74, 6) is 3.37. The maximum Gasteiger partial charge on any atom is 0.251 e. The van der Waals surface area contributed by atoms with Gasteiger partial charge in [-0.05, 0) is 52.2 Å². The molecular weight excluding hydrogens is 272 g/mol. The molecule has 0 saturated heterocycles. The lowest BCUT2D eigenvalue weighted by atomic mass is 9.83. The lowest BCUT2D eigenvalue weighted by Crippen LogP contribution is -2.38. The Balaban J connectivity index is 1.67. The first-order chi connectivity index (χ1) is 9.32. The summed E-state index contributed by atoms with van der Waals surface area (Å²) in [4.78, 5) is 18.3. The van der Waals surface area contributed by atoms with E-state index < -0.39 is 0 Å². The van der Waals surface area contributed by atoms with E-state index in [1.165, 1.54) is 0 Å². The molecule has 112 valence electrons. The van der Waals surface area contributed by atoms with Crippen LogP contribution in [0.4, 0.5) is 0 Å². The number of thioether (sulfide) groups is 1. The molecule has 1 saturated carbocycles. The minimum atomic E-state index is -0.0598. The van der Waals surface area contributed by atoms with Crippen molar-refractivity contribution in [3.8, 4) is 0 Å². The first kappa shape index (κ1) is 15.6. The molecule has 0 aliphatic heterocycles. The molecule has 1 aromatic heterocycles. The third-order valence-electron chi connectivity index (χ3n) is 3.23. The van der Waals surface area contributed by atoms with Gasteiger partial charge in [0.15, 0.2) is 0 Å². The van der Waals surface area contributed by atoms with Gasteiger partial charge in [0.1, 0.15) is 5.82 Å². The monoisotopic (exact) mass is 296 g/mol. The molecule has 1 fully saturated rings. The Labute approximate surface area is 124 Å². The molecule has 2 rings (SSSR count). The van der Waals surface area contributed by atoms with E-state index in [4.69, 9.17) is 4.74 Å². The van der Waals surface area contributed by atoms with Crippen molar-refractivity contribution in [2.45, 2.75) is 58.0 Å². The van der Waals surface area contributed by atoms with E-state index in [0.29, 0.717) is 11.9 Å². The molecule has 1 N–H and O–H groups in total. The SMILES string of the molecule is Cc1nc(CSCC2CC(OC(C)(C)C)C2)cc(=O)[nH]1. The smallest absolute Gasteiger partial charge is 0.251 e. The molecule has 20 heavy (non-hydrogen) atoms. The fourth-order valence-electron chi connectivity index (χ4n) is 2.45. The number of aryl methyl sites for hydroxylation is 1. The summed E-state index contributed by atoms with van der Waals surface area (Å²) in [6.07, 6.45) is 2.75. The van der Waals surface area contributed by atoms with Gasteiger partial charge in [0.05, 0.1) is 17.4 Å². The van der Waals surface area contributed by atoms with Crippen LogP contribution in [0.25, 0.3) is 0 Å². The first-order valence-corrected chi connectivity index (χ1v) is 8.30. The van der Waals surface area contributed by atoms with Crippen molar-refractivity contribution >= 4 is 11.8 Å². The van der Waals surface area contributed by atoms with Gasteiger partial charge in [-0.15, -0.1) is 0 Å². The molecule has 0 atom stereocenters. The number of nitrogens with zero attached hydrogens (tertiary/aromatic N) is 1. The molecule has 1 aromatic rings. The number of nitrogens with one attached hydrogen (secondary N) is 1. The summed E-state index contributed by atoms with van der Waals surface area (Å²) in [6, 6.07) is 1.59. The molecule has 1 heterocycles. The molecule has 0 bridgehead atoms. The Morgan fingerprint density at radius 1 is 1.45 bits per heavy atom. The van der Waals surface area contributed by atoms with Gasteiger partial charge in [-0.2, -0.15) is 11.8 Å². The van der Waals surface area contributed by atoms with Crippen LogP contribution in [-0.2, 0) is 10.5 Å². The second kappa shape index (κ2) is 6.31. The number of hydrogen-bond donors (Lipinski definition) is 1. The van der Waals surface area contributed by atoms with Crippen LogP contribution in [-0.4, -0.2) is 27.4 Å². The topological polar surface area (TPSA) is 55.0 Å². The fraction of sp³-hybridized carbons (Fsp3) is 0.733. The highest BCUT2D eigenvalue weighted by Crippen LogP contribution is 2.35. The first-order valence-electron chi connectivity index (χ1n) is 7.14. The van der Waals surface area contributed by atoms with Gasteiger partial charge in [0.25, 0.3) is 5.56 Å². The molecule has 1 aliphatic carbocycles. The molecule has 0 spiro atoms. The van der Waals surface area contributed by atoms with Crippen molar-refractivity contribution in [3.05, 3.63) is 27.9 Å². The zero-order valence-corrected chi connectivity index (χ0v) is 13.5.